The molecule has 18 heavy (non-hydrogen) atoms. The smallest absolute Gasteiger partial charge is 0.322 e. The van der Waals surface area contributed by atoms with Gasteiger partial charge in [0.1, 0.15) is 30.3 Å². The predicted octanol–water partition coefficient (Wildman–Crippen LogP) is 1.35. The summed E-state index contributed by atoms with van der Waals surface area (Å²) in [7, 11) is 1.60. The number of esters is 1. The lowest BCUT2D eigenvalue weighted by Gasteiger charge is -2.15. The van der Waals surface area contributed by atoms with Gasteiger partial charge in [-0.25, -0.2) is 0 Å². The highest BCUT2D eigenvalue weighted by atomic mass is 16.6. The summed E-state index contributed by atoms with van der Waals surface area (Å²) in [6, 6.07) is 6.58. The minimum Gasteiger partial charge on any atom is -0.497 e. The van der Waals surface area contributed by atoms with E-state index in [2.05, 4.69) is 0 Å². The van der Waals surface area contributed by atoms with Crippen molar-refractivity contribution in [2.24, 2.45) is 5.73 Å². The molecule has 0 aromatic heterocycles. The first kappa shape index (κ1) is 14.3. The highest BCUT2D eigenvalue weighted by Gasteiger charge is 2.12. The maximum absolute atomic E-state index is 11.2. The Labute approximate surface area is 107 Å². The topological polar surface area (TPSA) is 70.8 Å². The first-order valence-corrected chi connectivity index (χ1v) is 5.76. The summed E-state index contributed by atoms with van der Waals surface area (Å²) in [4.78, 5) is 11.2. The lowest BCUT2D eigenvalue weighted by Crippen LogP contribution is -2.31. The number of hydrogen-bond donors (Lipinski definition) is 1. The third-order valence-electron chi connectivity index (χ3n) is 2.23. The number of nitrogens with two attached hydrogens (primary N) is 1. The van der Waals surface area contributed by atoms with Gasteiger partial charge in [-0.1, -0.05) is 0 Å². The van der Waals surface area contributed by atoms with Gasteiger partial charge in [-0.15, -0.1) is 0 Å². The molecule has 2 N–H and O–H groups in total. The number of ether oxygens (including phenoxy) is 3. The molecular formula is C13H19NO4. The summed E-state index contributed by atoms with van der Waals surface area (Å²) in [5.41, 5.74) is 5.38. The van der Waals surface area contributed by atoms with Crippen LogP contribution >= 0.6 is 0 Å². The van der Waals surface area contributed by atoms with Gasteiger partial charge in [-0.2, -0.15) is 0 Å². The molecule has 0 unspecified atom stereocenters. The van der Waals surface area contributed by atoms with Gasteiger partial charge in [0, 0.05) is 0 Å². The van der Waals surface area contributed by atoms with Gasteiger partial charge in [-0.05, 0) is 38.1 Å². The van der Waals surface area contributed by atoms with Crippen molar-refractivity contribution in [3.63, 3.8) is 0 Å². The molecule has 0 aliphatic rings. The summed E-state index contributed by atoms with van der Waals surface area (Å²) in [6.07, 6.45) is -0.235. The zero-order chi connectivity index (χ0) is 13.5. The molecule has 0 radical (unpaired) electrons. The van der Waals surface area contributed by atoms with Crippen LogP contribution in [-0.2, 0) is 9.53 Å². The molecule has 100 valence electrons. The van der Waals surface area contributed by atoms with E-state index in [0.717, 1.165) is 5.75 Å². The molecule has 0 aliphatic carbocycles. The van der Waals surface area contributed by atoms with Crippen molar-refractivity contribution in [3.8, 4) is 11.5 Å². The van der Waals surface area contributed by atoms with E-state index in [0.29, 0.717) is 5.75 Å². The van der Waals surface area contributed by atoms with Gasteiger partial charge in [0.25, 0.3) is 0 Å². The van der Waals surface area contributed by atoms with Gasteiger partial charge >= 0.3 is 5.97 Å². The Morgan fingerprint density at radius 1 is 1.22 bits per heavy atom. The lowest BCUT2D eigenvalue weighted by molar-refractivity contribution is -0.146. The fraction of sp³-hybridized carbons (Fsp3) is 0.462. The minimum atomic E-state index is -0.613. The van der Waals surface area contributed by atoms with E-state index in [1.54, 1.807) is 38.3 Å². The fourth-order valence-electron chi connectivity index (χ4n) is 1.25. The van der Waals surface area contributed by atoms with Crippen LogP contribution < -0.4 is 15.2 Å². The molecule has 5 heteroatoms. The van der Waals surface area contributed by atoms with Crippen molar-refractivity contribution in [1.82, 2.24) is 0 Å². The molecule has 0 fully saturated rings. The molecule has 2 atom stereocenters. The zero-order valence-corrected chi connectivity index (χ0v) is 10.9. The summed E-state index contributed by atoms with van der Waals surface area (Å²) < 4.78 is 15.6. The van der Waals surface area contributed by atoms with E-state index < -0.39 is 12.0 Å². The Morgan fingerprint density at radius 2 is 1.78 bits per heavy atom. The van der Waals surface area contributed by atoms with Crippen LogP contribution in [0.15, 0.2) is 24.3 Å². The molecular weight excluding hydrogens is 234 g/mol. The molecule has 0 amide bonds. The molecule has 0 spiro atoms. The Balaban J connectivity index is 2.39. The largest absolute Gasteiger partial charge is 0.497 e. The number of carbonyl (C=O) groups excluding carboxylic acids is 1. The van der Waals surface area contributed by atoms with Crippen LogP contribution in [0.3, 0.4) is 0 Å². The second-order valence-electron chi connectivity index (χ2n) is 4.02. The van der Waals surface area contributed by atoms with E-state index in [1.165, 1.54) is 0 Å². The van der Waals surface area contributed by atoms with Gasteiger partial charge in [0.2, 0.25) is 0 Å². The van der Waals surface area contributed by atoms with E-state index in [4.69, 9.17) is 19.9 Å². The molecule has 0 saturated heterocycles. The van der Waals surface area contributed by atoms with Crippen molar-refractivity contribution >= 4 is 5.97 Å². The van der Waals surface area contributed by atoms with E-state index in [9.17, 15) is 4.79 Å². The minimum absolute atomic E-state index is 0.173. The summed E-state index contributed by atoms with van der Waals surface area (Å²) in [5.74, 6) is 1.03. The first-order valence-electron chi connectivity index (χ1n) is 5.76. The monoisotopic (exact) mass is 253 g/mol. The summed E-state index contributed by atoms with van der Waals surface area (Å²) in [5, 5.41) is 0. The third-order valence-corrected chi connectivity index (χ3v) is 2.23. The van der Waals surface area contributed by atoms with Gasteiger partial charge in [0.05, 0.1) is 7.11 Å². The van der Waals surface area contributed by atoms with Crippen LogP contribution in [0.25, 0.3) is 0 Å². The second-order valence-corrected chi connectivity index (χ2v) is 4.02. The van der Waals surface area contributed by atoms with Crippen molar-refractivity contribution in [2.75, 3.05) is 13.7 Å². The van der Waals surface area contributed by atoms with Crippen molar-refractivity contribution in [3.05, 3.63) is 24.3 Å². The Bertz CT molecular complexity index is 375. The number of hydrogen-bond acceptors (Lipinski definition) is 5. The normalized spacial score (nSPS) is 13.6. The molecule has 1 aromatic rings. The maximum Gasteiger partial charge on any atom is 0.322 e. The molecule has 0 aliphatic heterocycles. The van der Waals surface area contributed by atoms with E-state index in [1.807, 2.05) is 6.92 Å². The quantitative estimate of drug-likeness (QED) is 0.775. The number of methoxy groups -OCH3 is 1. The predicted molar refractivity (Wildman–Crippen MR) is 67.7 cm³/mol. The highest BCUT2D eigenvalue weighted by Crippen LogP contribution is 2.18. The Morgan fingerprint density at radius 3 is 2.28 bits per heavy atom. The lowest BCUT2D eigenvalue weighted by atomic mass is 10.3. The van der Waals surface area contributed by atoms with E-state index in [-0.39, 0.29) is 12.7 Å². The van der Waals surface area contributed by atoms with Gasteiger partial charge < -0.3 is 19.9 Å². The van der Waals surface area contributed by atoms with Crippen LogP contribution in [0.4, 0.5) is 0 Å². The number of rotatable bonds is 6. The van der Waals surface area contributed by atoms with Gasteiger partial charge in [-0.3, -0.25) is 4.79 Å². The SMILES string of the molecule is COc1ccc(O[C@@H](C)COC(=O)[C@H](C)N)cc1. The zero-order valence-electron chi connectivity index (χ0n) is 10.9. The Kier molecular flexibility index (Phi) is 5.45. The van der Waals surface area contributed by atoms with Gasteiger partial charge in [0.15, 0.2) is 0 Å². The average molecular weight is 253 g/mol. The fourth-order valence-corrected chi connectivity index (χ4v) is 1.25. The van der Waals surface area contributed by atoms with Crippen LogP contribution in [0.5, 0.6) is 11.5 Å². The van der Waals surface area contributed by atoms with Crippen LogP contribution in [0.1, 0.15) is 13.8 Å². The number of benzene rings is 1. The third kappa shape index (κ3) is 4.63. The van der Waals surface area contributed by atoms with Crippen LogP contribution in [0, 0.1) is 0 Å². The van der Waals surface area contributed by atoms with Crippen LogP contribution in [-0.4, -0.2) is 31.8 Å². The van der Waals surface area contributed by atoms with Crippen molar-refractivity contribution < 1.29 is 19.0 Å². The van der Waals surface area contributed by atoms with Crippen LogP contribution in [0.2, 0.25) is 0 Å². The maximum atomic E-state index is 11.2. The van der Waals surface area contributed by atoms with E-state index >= 15 is 0 Å². The molecule has 0 saturated carbocycles. The molecule has 1 rings (SSSR count). The number of carbonyl (C=O) groups is 1. The summed E-state index contributed by atoms with van der Waals surface area (Å²) in [6.45, 7) is 3.57. The van der Waals surface area contributed by atoms with Crippen molar-refractivity contribution in [2.45, 2.75) is 26.0 Å². The molecule has 5 nitrogen and oxygen atoms in total. The molecule has 0 bridgehead atoms. The first-order chi connectivity index (χ1) is 8.52. The summed E-state index contributed by atoms with van der Waals surface area (Å²) >= 11 is 0. The standard InChI is InChI=1S/C13H19NO4/c1-9(8-17-13(15)10(2)14)18-12-6-4-11(16-3)5-7-12/h4-7,9-10H,8,14H2,1-3H3/t9-,10-/m0/s1. The molecule has 1 aromatic carbocycles. The Hall–Kier alpha value is -1.75. The highest BCUT2D eigenvalue weighted by molar-refractivity contribution is 5.74. The second kappa shape index (κ2) is 6.86. The average Bonchev–Trinajstić information content (AvgIpc) is 2.36. The molecule has 0 heterocycles. The van der Waals surface area contributed by atoms with Crippen molar-refractivity contribution in [1.29, 1.82) is 0 Å².